The van der Waals surface area contributed by atoms with Crippen LogP contribution in [0.15, 0.2) is 42.5 Å². The van der Waals surface area contributed by atoms with Gasteiger partial charge in [0.15, 0.2) is 0 Å². The number of carboxylic acids is 2. The summed E-state index contributed by atoms with van der Waals surface area (Å²) in [5.41, 5.74) is 3.47. The monoisotopic (exact) mass is 411 g/mol. The number of aryl methyl sites for hydroxylation is 1. The summed E-state index contributed by atoms with van der Waals surface area (Å²) in [7, 11) is 0. The second kappa shape index (κ2) is 10.3. The maximum atomic E-state index is 11.3. The van der Waals surface area contributed by atoms with E-state index in [1.807, 2.05) is 18.2 Å². The Morgan fingerprint density at radius 2 is 1.83 bits per heavy atom. The lowest BCUT2D eigenvalue weighted by Gasteiger charge is -2.36. The number of fused-ring (bicyclic) bond motifs is 1. The van der Waals surface area contributed by atoms with E-state index in [2.05, 4.69) is 4.90 Å². The van der Waals surface area contributed by atoms with Crippen molar-refractivity contribution in [2.24, 2.45) is 0 Å². The molecule has 0 aromatic heterocycles. The predicted octanol–water partition coefficient (Wildman–Crippen LogP) is 4.27. The van der Waals surface area contributed by atoms with Gasteiger partial charge in [0.2, 0.25) is 0 Å². The number of rotatable bonds is 10. The van der Waals surface area contributed by atoms with Gasteiger partial charge in [-0.2, -0.15) is 0 Å². The molecular weight excluding hydrogens is 382 g/mol. The van der Waals surface area contributed by atoms with Crippen molar-refractivity contribution in [1.29, 1.82) is 0 Å². The normalized spacial score (nSPS) is 15.7. The SMILES string of the molecule is O=C(O)CCCCN(CCc1ccccc1O)C1CCCc2cc(C(=O)O)ccc21. The van der Waals surface area contributed by atoms with Crippen LogP contribution >= 0.6 is 0 Å². The number of hydrogen-bond donors (Lipinski definition) is 3. The third-order valence-electron chi connectivity index (χ3n) is 5.86. The number of benzene rings is 2. The first-order valence-corrected chi connectivity index (χ1v) is 10.5. The van der Waals surface area contributed by atoms with Gasteiger partial charge in [-0.3, -0.25) is 9.69 Å². The molecule has 30 heavy (non-hydrogen) atoms. The lowest BCUT2D eigenvalue weighted by Crippen LogP contribution is -2.34. The molecule has 1 unspecified atom stereocenters. The van der Waals surface area contributed by atoms with E-state index in [-0.39, 0.29) is 12.5 Å². The molecule has 0 bridgehead atoms. The second-order valence-corrected chi connectivity index (χ2v) is 7.89. The molecule has 2 aromatic rings. The van der Waals surface area contributed by atoms with Crippen LogP contribution in [0.2, 0.25) is 0 Å². The van der Waals surface area contributed by atoms with Crippen LogP contribution in [0.25, 0.3) is 0 Å². The molecule has 0 fully saturated rings. The van der Waals surface area contributed by atoms with Crippen LogP contribution in [0.5, 0.6) is 5.75 Å². The number of carboxylic acid groups (broad SMARTS) is 2. The minimum Gasteiger partial charge on any atom is -0.508 e. The van der Waals surface area contributed by atoms with E-state index in [9.17, 15) is 19.8 Å². The summed E-state index contributed by atoms with van der Waals surface area (Å²) < 4.78 is 0. The highest BCUT2D eigenvalue weighted by Gasteiger charge is 2.26. The summed E-state index contributed by atoms with van der Waals surface area (Å²) in [6.45, 7) is 1.51. The molecule has 0 saturated heterocycles. The largest absolute Gasteiger partial charge is 0.508 e. The molecule has 3 N–H and O–H groups in total. The highest BCUT2D eigenvalue weighted by molar-refractivity contribution is 5.88. The van der Waals surface area contributed by atoms with E-state index < -0.39 is 11.9 Å². The zero-order valence-electron chi connectivity index (χ0n) is 17.1. The molecule has 6 heteroatoms. The molecule has 0 heterocycles. The van der Waals surface area contributed by atoms with E-state index in [0.29, 0.717) is 24.2 Å². The fourth-order valence-electron chi connectivity index (χ4n) is 4.30. The van der Waals surface area contributed by atoms with Crippen molar-refractivity contribution in [3.05, 3.63) is 64.7 Å². The Hall–Kier alpha value is -2.86. The molecule has 0 aliphatic heterocycles. The molecule has 0 amide bonds. The zero-order chi connectivity index (χ0) is 21.5. The minimum atomic E-state index is -0.912. The number of para-hydroxylation sites is 1. The third kappa shape index (κ3) is 5.60. The van der Waals surface area contributed by atoms with Crippen molar-refractivity contribution in [3.8, 4) is 5.75 Å². The first-order chi connectivity index (χ1) is 14.5. The Morgan fingerprint density at radius 3 is 2.57 bits per heavy atom. The Labute approximate surface area is 176 Å². The number of aromatic hydroxyl groups is 1. The lowest BCUT2D eigenvalue weighted by molar-refractivity contribution is -0.137. The van der Waals surface area contributed by atoms with E-state index in [1.54, 1.807) is 24.3 Å². The average molecular weight is 411 g/mol. The van der Waals surface area contributed by atoms with Crippen LogP contribution in [-0.4, -0.2) is 45.2 Å². The van der Waals surface area contributed by atoms with E-state index in [0.717, 1.165) is 49.9 Å². The number of phenolic OH excluding ortho intramolecular Hbond substituents is 1. The maximum absolute atomic E-state index is 11.3. The number of hydrogen-bond acceptors (Lipinski definition) is 4. The number of carbonyl (C=O) groups is 2. The Balaban J connectivity index is 1.78. The molecular formula is C24H29NO5. The average Bonchev–Trinajstić information content (AvgIpc) is 2.73. The summed E-state index contributed by atoms with van der Waals surface area (Å²) in [6, 6.07) is 12.9. The van der Waals surface area contributed by atoms with Crippen molar-refractivity contribution in [2.45, 2.75) is 51.0 Å². The first kappa shape index (κ1) is 21.8. The molecule has 1 aliphatic rings. The zero-order valence-corrected chi connectivity index (χ0v) is 17.1. The van der Waals surface area contributed by atoms with Crippen LogP contribution in [0.4, 0.5) is 0 Å². The molecule has 1 atom stereocenters. The van der Waals surface area contributed by atoms with Gasteiger partial charge in [-0.25, -0.2) is 4.79 Å². The lowest BCUT2D eigenvalue weighted by atomic mass is 9.85. The van der Waals surface area contributed by atoms with Crippen molar-refractivity contribution in [1.82, 2.24) is 4.90 Å². The molecule has 0 spiro atoms. The minimum absolute atomic E-state index is 0.163. The van der Waals surface area contributed by atoms with Crippen molar-refractivity contribution in [2.75, 3.05) is 13.1 Å². The molecule has 160 valence electrons. The van der Waals surface area contributed by atoms with Gasteiger partial charge in [-0.05, 0) is 80.0 Å². The van der Waals surface area contributed by atoms with Gasteiger partial charge in [-0.1, -0.05) is 24.3 Å². The summed E-state index contributed by atoms with van der Waals surface area (Å²) in [5, 5.41) is 28.3. The number of nitrogens with zero attached hydrogens (tertiary/aromatic N) is 1. The molecule has 2 aromatic carbocycles. The first-order valence-electron chi connectivity index (χ1n) is 10.5. The quantitative estimate of drug-likeness (QED) is 0.505. The van der Waals surface area contributed by atoms with Crippen LogP contribution in [-0.2, 0) is 17.6 Å². The van der Waals surface area contributed by atoms with Crippen LogP contribution in [0.3, 0.4) is 0 Å². The van der Waals surface area contributed by atoms with Gasteiger partial charge >= 0.3 is 11.9 Å². The fraction of sp³-hybridized carbons (Fsp3) is 0.417. The molecule has 6 nitrogen and oxygen atoms in total. The van der Waals surface area contributed by atoms with Gasteiger partial charge in [-0.15, -0.1) is 0 Å². The summed E-state index contributed by atoms with van der Waals surface area (Å²) >= 11 is 0. The molecule has 0 radical (unpaired) electrons. The van der Waals surface area contributed by atoms with Crippen molar-refractivity contribution in [3.63, 3.8) is 0 Å². The van der Waals surface area contributed by atoms with Gasteiger partial charge in [0.25, 0.3) is 0 Å². The van der Waals surface area contributed by atoms with E-state index in [1.165, 1.54) is 5.56 Å². The summed E-state index contributed by atoms with van der Waals surface area (Å²) in [4.78, 5) is 24.6. The van der Waals surface area contributed by atoms with Crippen LogP contribution in [0.1, 0.15) is 65.2 Å². The second-order valence-electron chi connectivity index (χ2n) is 7.89. The predicted molar refractivity (Wildman–Crippen MR) is 114 cm³/mol. The van der Waals surface area contributed by atoms with Crippen molar-refractivity contribution < 1.29 is 24.9 Å². The Bertz CT molecular complexity index is 895. The highest BCUT2D eigenvalue weighted by atomic mass is 16.4. The molecule has 0 saturated carbocycles. The van der Waals surface area contributed by atoms with Crippen LogP contribution < -0.4 is 0 Å². The van der Waals surface area contributed by atoms with Gasteiger partial charge < -0.3 is 15.3 Å². The van der Waals surface area contributed by atoms with Gasteiger partial charge in [0.05, 0.1) is 5.56 Å². The standard InChI is InChI=1S/C24H29NO5/c26-22-9-2-1-6-17(22)13-15-25(14-4-3-10-23(27)28)21-8-5-7-18-16-19(24(29)30)11-12-20(18)21/h1-2,6,9,11-12,16,21,26H,3-5,7-8,10,13-15H2,(H,27,28)(H,29,30). The Morgan fingerprint density at radius 1 is 1.03 bits per heavy atom. The van der Waals surface area contributed by atoms with Gasteiger partial charge in [0, 0.05) is 19.0 Å². The molecule has 1 aliphatic carbocycles. The number of unbranched alkanes of at least 4 members (excludes halogenated alkanes) is 1. The Kier molecular flexibility index (Phi) is 7.46. The summed E-state index contributed by atoms with van der Waals surface area (Å²) in [6.07, 6.45) is 5.12. The maximum Gasteiger partial charge on any atom is 0.335 e. The van der Waals surface area contributed by atoms with Crippen LogP contribution in [0, 0.1) is 0 Å². The van der Waals surface area contributed by atoms with Crippen molar-refractivity contribution >= 4 is 11.9 Å². The number of aromatic carboxylic acids is 1. The topological polar surface area (TPSA) is 98.1 Å². The summed E-state index contributed by atoms with van der Waals surface area (Å²) in [5.74, 6) is -1.40. The molecule has 3 rings (SSSR count). The highest BCUT2D eigenvalue weighted by Crippen LogP contribution is 2.35. The van der Waals surface area contributed by atoms with E-state index >= 15 is 0 Å². The van der Waals surface area contributed by atoms with E-state index in [4.69, 9.17) is 5.11 Å². The number of aliphatic carboxylic acids is 1. The van der Waals surface area contributed by atoms with Gasteiger partial charge in [0.1, 0.15) is 5.75 Å². The fourth-order valence-corrected chi connectivity index (χ4v) is 4.30. The number of phenols is 1. The third-order valence-corrected chi connectivity index (χ3v) is 5.86. The smallest absolute Gasteiger partial charge is 0.335 e.